The number of hydrogen-bond donors (Lipinski definition) is 2. The minimum absolute atomic E-state index is 0.136. The zero-order valence-electron chi connectivity index (χ0n) is 20.4. The normalized spacial score (nSPS) is 20.8. The molecule has 190 valence electrons. The Kier molecular flexibility index (Phi) is 6.08. The first-order chi connectivity index (χ1) is 18.0. The van der Waals surface area contributed by atoms with Crippen molar-refractivity contribution in [1.82, 2.24) is 25.1 Å². The van der Waals surface area contributed by atoms with Crippen LogP contribution in [0.15, 0.2) is 48.7 Å². The van der Waals surface area contributed by atoms with E-state index >= 15 is 0 Å². The van der Waals surface area contributed by atoms with Crippen molar-refractivity contribution in [3.63, 3.8) is 0 Å². The quantitative estimate of drug-likeness (QED) is 0.523. The lowest BCUT2D eigenvalue weighted by Crippen LogP contribution is -2.52. The number of likely N-dealkylation sites (tertiary alicyclic amines) is 1. The van der Waals surface area contributed by atoms with Crippen molar-refractivity contribution in [2.45, 2.75) is 50.7 Å². The van der Waals surface area contributed by atoms with E-state index in [1.807, 2.05) is 36.5 Å². The number of amides is 3. The molecule has 37 heavy (non-hydrogen) atoms. The number of rotatable bonds is 5. The molecule has 0 saturated carbocycles. The van der Waals surface area contributed by atoms with E-state index in [9.17, 15) is 18.8 Å². The Hall–Kier alpha value is -3.85. The number of hydrogen-bond acceptors (Lipinski definition) is 5. The van der Waals surface area contributed by atoms with Crippen LogP contribution in [-0.4, -0.2) is 56.6 Å². The number of carbonyl (C=O) groups is 3. The van der Waals surface area contributed by atoms with Gasteiger partial charge in [-0.15, -0.1) is 0 Å². The zero-order chi connectivity index (χ0) is 25.5. The van der Waals surface area contributed by atoms with Crippen LogP contribution in [0.25, 0.3) is 11.4 Å². The summed E-state index contributed by atoms with van der Waals surface area (Å²) in [5, 5.41) is 2.32. The smallest absolute Gasteiger partial charge is 0.255 e. The van der Waals surface area contributed by atoms with Gasteiger partial charge in [-0.25, -0.2) is 9.37 Å². The molecular weight excluding hydrogens is 473 g/mol. The fraction of sp³-hybridized carbons (Fsp3) is 0.357. The molecule has 0 radical (unpaired) electrons. The maximum absolute atomic E-state index is 14.6. The summed E-state index contributed by atoms with van der Waals surface area (Å²) in [6.45, 7) is 2.73. The van der Waals surface area contributed by atoms with Gasteiger partial charge in [0.15, 0.2) is 0 Å². The Morgan fingerprint density at radius 1 is 1.03 bits per heavy atom. The monoisotopic (exact) mass is 501 g/mol. The second-order valence-electron chi connectivity index (χ2n) is 10.1. The molecule has 6 rings (SSSR count). The summed E-state index contributed by atoms with van der Waals surface area (Å²) in [7, 11) is 0. The minimum Gasteiger partial charge on any atom is -0.341 e. The highest BCUT2D eigenvalue weighted by molar-refractivity contribution is 6.05. The highest BCUT2D eigenvalue weighted by atomic mass is 19.1. The summed E-state index contributed by atoms with van der Waals surface area (Å²) < 4.78 is 14.6. The first-order valence-electron chi connectivity index (χ1n) is 12.7. The number of aromatic nitrogens is 2. The number of benzene rings is 2. The number of aromatic amines is 1. The van der Waals surface area contributed by atoms with E-state index in [0.29, 0.717) is 12.0 Å². The summed E-state index contributed by atoms with van der Waals surface area (Å²) in [5.74, 6) is -0.558. The summed E-state index contributed by atoms with van der Waals surface area (Å²) in [4.78, 5) is 48.9. The van der Waals surface area contributed by atoms with E-state index in [1.165, 1.54) is 11.0 Å². The third-order valence-corrected chi connectivity index (χ3v) is 7.75. The van der Waals surface area contributed by atoms with Crippen molar-refractivity contribution in [1.29, 1.82) is 0 Å². The fourth-order valence-corrected chi connectivity index (χ4v) is 5.84. The van der Waals surface area contributed by atoms with Gasteiger partial charge in [0.25, 0.3) is 5.91 Å². The van der Waals surface area contributed by atoms with Crippen molar-refractivity contribution in [2.24, 2.45) is 0 Å². The summed E-state index contributed by atoms with van der Waals surface area (Å²) in [6.07, 6.45) is 4.06. The third-order valence-electron chi connectivity index (χ3n) is 7.75. The highest BCUT2D eigenvalue weighted by Crippen LogP contribution is 2.38. The predicted octanol–water partition coefficient (Wildman–Crippen LogP) is 3.36. The van der Waals surface area contributed by atoms with E-state index in [4.69, 9.17) is 0 Å². The Labute approximate surface area is 213 Å². The number of fused-ring (bicyclic) bond motifs is 1. The van der Waals surface area contributed by atoms with Crippen molar-refractivity contribution < 1.29 is 18.8 Å². The number of piperidine rings is 2. The molecule has 4 heterocycles. The molecule has 3 aromatic rings. The Bertz CT molecular complexity index is 1360. The van der Waals surface area contributed by atoms with Gasteiger partial charge in [0, 0.05) is 42.5 Å². The first kappa shape index (κ1) is 23.5. The molecular formula is C28H28FN5O3. The van der Waals surface area contributed by atoms with Crippen molar-refractivity contribution >= 4 is 17.7 Å². The molecule has 2 aromatic carbocycles. The van der Waals surface area contributed by atoms with Crippen LogP contribution in [0, 0.1) is 5.82 Å². The van der Waals surface area contributed by atoms with Gasteiger partial charge < -0.3 is 9.88 Å². The summed E-state index contributed by atoms with van der Waals surface area (Å²) in [5.41, 5.74) is 4.12. The molecule has 3 amide bonds. The molecule has 0 spiro atoms. The van der Waals surface area contributed by atoms with Crippen LogP contribution in [0.4, 0.5) is 4.39 Å². The number of imidazole rings is 1. The SMILES string of the molecule is O=C1CCC(N2Cc3c(cc(F)cc3C3CCN(Cc4cnc(-c5ccccc5)[nH]4)CC3)C2=O)C(=O)N1. The van der Waals surface area contributed by atoms with Crippen LogP contribution in [-0.2, 0) is 22.7 Å². The van der Waals surface area contributed by atoms with Crippen LogP contribution < -0.4 is 5.32 Å². The fourth-order valence-electron chi connectivity index (χ4n) is 5.84. The number of carbonyl (C=O) groups excluding carboxylic acids is 3. The second kappa shape index (κ2) is 9.55. The van der Waals surface area contributed by atoms with E-state index in [0.717, 1.165) is 60.7 Å². The number of nitrogens with zero attached hydrogens (tertiary/aromatic N) is 3. The van der Waals surface area contributed by atoms with Gasteiger partial charge in [-0.1, -0.05) is 30.3 Å². The molecule has 3 aliphatic rings. The Balaban J connectivity index is 1.14. The molecule has 8 nitrogen and oxygen atoms in total. The lowest BCUT2D eigenvalue weighted by atomic mass is 9.85. The van der Waals surface area contributed by atoms with Crippen LogP contribution >= 0.6 is 0 Å². The van der Waals surface area contributed by atoms with Gasteiger partial charge in [-0.3, -0.25) is 24.6 Å². The van der Waals surface area contributed by atoms with E-state index in [2.05, 4.69) is 20.2 Å². The average molecular weight is 502 g/mol. The molecule has 0 aliphatic carbocycles. The topological polar surface area (TPSA) is 98.4 Å². The molecule has 1 atom stereocenters. The molecule has 2 fully saturated rings. The van der Waals surface area contributed by atoms with Gasteiger partial charge >= 0.3 is 0 Å². The molecule has 0 bridgehead atoms. The molecule has 9 heteroatoms. The highest BCUT2D eigenvalue weighted by Gasteiger charge is 2.41. The van der Waals surface area contributed by atoms with Crippen molar-refractivity contribution in [3.8, 4) is 11.4 Å². The van der Waals surface area contributed by atoms with Gasteiger partial charge in [0.05, 0.1) is 0 Å². The van der Waals surface area contributed by atoms with E-state index in [-0.39, 0.29) is 30.7 Å². The molecule has 2 N–H and O–H groups in total. The van der Waals surface area contributed by atoms with Gasteiger partial charge in [0.2, 0.25) is 11.8 Å². The molecule has 2 saturated heterocycles. The number of nitrogens with one attached hydrogen (secondary N) is 2. The number of imide groups is 1. The van der Waals surface area contributed by atoms with Crippen LogP contribution in [0.1, 0.15) is 58.8 Å². The maximum Gasteiger partial charge on any atom is 0.255 e. The van der Waals surface area contributed by atoms with Crippen LogP contribution in [0.2, 0.25) is 0 Å². The maximum atomic E-state index is 14.6. The summed E-state index contributed by atoms with van der Waals surface area (Å²) >= 11 is 0. The second-order valence-corrected chi connectivity index (χ2v) is 10.1. The van der Waals surface area contributed by atoms with E-state index in [1.54, 1.807) is 6.07 Å². The van der Waals surface area contributed by atoms with Crippen molar-refractivity contribution in [2.75, 3.05) is 13.1 Å². The molecule has 1 aromatic heterocycles. The van der Waals surface area contributed by atoms with Gasteiger partial charge in [-0.2, -0.15) is 0 Å². The molecule has 3 aliphatic heterocycles. The number of H-pyrrole nitrogens is 1. The standard InChI is InChI=1S/C28H28FN5O3/c29-19-12-21(23-16-34(28(37)22(23)13-19)24-6-7-25(35)32-27(24)36)17-8-10-33(11-9-17)15-20-14-30-26(31-20)18-4-2-1-3-5-18/h1-5,12-14,17,24H,6-11,15-16H2,(H,30,31)(H,32,35,36). The first-order valence-corrected chi connectivity index (χ1v) is 12.7. The van der Waals surface area contributed by atoms with Gasteiger partial charge in [0.1, 0.15) is 17.7 Å². The number of halogens is 1. The van der Waals surface area contributed by atoms with Crippen LogP contribution in [0.5, 0.6) is 0 Å². The molecule has 1 unspecified atom stereocenters. The lowest BCUT2D eigenvalue weighted by Gasteiger charge is -2.33. The largest absolute Gasteiger partial charge is 0.341 e. The Morgan fingerprint density at radius 2 is 1.81 bits per heavy atom. The van der Waals surface area contributed by atoms with E-state index < -0.39 is 17.8 Å². The average Bonchev–Trinajstić information content (AvgIpc) is 3.49. The predicted molar refractivity (Wildman–Crippen MR) is 134 cm³/mol. The van der Waals surface area contributed by atoms with Crippen LogP contribution in [0.3, 0.4) is 0 Å². The summed E-state index contributed by atoms with van der Waals surface area (Å²) in [6, 6.07) is 12.1. The van der Waals surface area contributed by atoms with Crippen molar-refractivity contribution in [3.05, 3.63) is 76.9 Å². The minimum atomic E-state index is -0.703. The Morgan fingerprint density at radius 3 is 2.57 bits per heavy atom. The van der Waals surface area contributed by atoms with Gasteiger partial charge in [-0.05, 0) is 61.5 Å². The lowest BCUT2D eigenvalue weighted by molar-refractivity contribution is -0.136. The third kappa shape index (κ3) is 4.55. The zero-order valence-corrected chi connectivity index (χ0v) is 20.4.